The topological polar surface area (TPSA) is 307 Å². The Balaban J connectivity index is 0.000000170. The molecule has 3 heterocycles. The highest BCUT2D eigenvalue weighted by molar-refractivity contribution is 7.90. The average molecular weight is 1450 g/mol. The number of carbonyl (C=O) groups excluding carboxylic acids is 4. The van der Waals surface area contributed by atoms with Gasteiger partial charge < -0.3 is 36.4 Å². The molecular formula is C70H76F3N9O14S4. The maximum atomic E-state index is 14.0. The van der Waals surface area contributed by atoms with Crippen LogP contribution in [0.5, 0.6) is 0 Å². The number of carbonyl (C=O) groups is 4. The quantitative estimate of drug-likeness (QED) is 0.0466. The summed E-state index contributed by atoms with van der Waals surface area (Å²) in [6.07, 6.45) is 2.66. The van der Waals surface area contributed by atoms with E-state index in [1.54, 1.807) is 79.7 Å². The van der Waals surface area contributed by atoms with Gasteiger partial charge in [0.1, 0.15) is 37.0 Å². The molecule has 4 amide bonds. The van der Waals surface area contributed by atoms with Crippen LogP contribution in [0.15, 0.2) is 208 Å². The van der Waals surface area contributed by atoms with Crippen LogP contribution < -0.4 is 26.6 Å². The lowest BCUT2D eigenvalue weighted by Gasteiger charge is -2.27. The van der Waals surface area contributed by atoms with Crippen molar-refractivity contribution >= 4 is 86.5 Å². The maximum Gasteiger partial charge on any atom is 0.258 e. The van der Waals surface area contributed by atoms with E-state index in [-0.39, 0.29) is 85.5 Å². The number of nitrogens with zero attached hydrogens (tertiary/aromatic N) is 4. The number of piperidine rings is 1. The number of morpholine rings is 1. The second-order valence-electron chi connectivity index (χ2n) is 22.8. The molecule has 0 atom stereocenters. The minimum Gasteiger partial charge on any atom is -0.395 e. The minimum atomic E-state index is -3.87. The maximum absolute atomic E-state index is 14.0. The van der Waals surface area contributed by atoms with E-state index in [0.717, 1.165) is 41.3 Å². The number of sulfonamides is 4. The number of hydrogen-bond donors (Lipinski definition) is 6. The highest BCUT2D eigenvalue weighted by Crippen LogP contribution is 2.31. The number of aliphatic hydroxyl groups is 1. The van der Waals surface area contributed by atoms with Gasteiger partial charge in [-0.3, -0.25) is 19.2 Å². The molecule has 23 nitrogen and oxygen atoms in total. The van der Waals surface area contributed by atoms with Gasteiger partial charge in [0.2, 0.25) is 40.1 Å². The Hall–Kier alpha value is -9.05. The number of anilines is 4. The largest absolute Gasteiger partial charge is 0.395 e. The number of nitrogens with one attached hydrogen (secondary N) is 5. The van der Waals surface area contributed by atoms with E-state index in [9.17, 15) is 66.0 Å². The van der Waals surface area contributed by atoms with Crippen molar-refractivity contribution in [3.63, 3.8) is 0 Å². The normalized spacial score (nSPS) is 14.7. The molecule has 3 aliphatic heterocycles. The predicted octanol–water partition coefficient (Wildman–Crippen LogP) is 9.19. The zero-order valence-corrected chi connectivity index (χ0v) is 58.1. The fraction of sp³-hybridized carbons (Fsp3) is 0.257. The van der Waals surface area contributed by atoms with E-state index in [1.165, 1.54) is 111 Å². The van der Waals surface area contributed by atoms with E-state index in [2.05, 4.69) is 26.6 Å². The first-order chi connectivity index (χ1) is 47.7. The summed E-state index contributed by atoms with van der Waals surface area (Å²) >= 11 is 0. The van der Waals surface area contributed by atoms with Gasteiger partial charge in [0, 0.05) is 77.1 Å². The Bertz CT molecular complexity index is 4660. The number of para-hydroxylation sites is 4. The second kappa shape index (κ2) is 35.3. The third kappa shape index (κ3) is 19.9. The summed E-state index contributed by atoms with van der Waals surface area (Å²) in [7, 11) is -13.7. The molecule has 3 fully saturated rings. The van der Waals surface area contributed by atoms with Crippen LogP contribution in [0.1, 0.15) is 71.8 Å². The highest BCUT2D eigenvalue weighted by atomic mass is 32.2. The summed E-state index contributed by atoms with van der Waals surface area (Å²) in [5.41, 5.74) is 2.83. The van der Waals surface area contributed by atoms with Crippen LogP contribution in [0.4, 0.5) is 35.9 Å². The van der Waals surface area contributed by atoms with Crippen molar-refractivity contribution in [1.82, 2.24) is 22.5 Å². The van der Waals surface area contributed by atoms with Gasteiger partial charge in [0.25, 0.3) is 23.6 Å². The monoisotopic (exact) mass is 1450 g/mol. The van der Waals surface area contributed by atoms with Crippen LogP contribution in [0.3, 0.4) is 0 Å². The zero-order valence-electron chi connectivity index (χ0n) is 54.8. The Morgan fingerprint density at radius 2 is 0.830 bits per heavy atom. The number of likely N-dealkylation sites (N-methyl/N-ethyl adjacent to an activating group) is 1. The van der Waals surface area contributed by atoms with Crippen molar-refractivity contribution in [2.24, 2.45) is 0 Å². The summed E-state index contributed by atoms with van der Waals surface area (Å²) in [6.45, 7) is 7.43. The number of halogens is 3. The Labute approximate surface area is 580 Å². The first kappa shape index (κ1) is 76.7. The highest BCUT2D eigenvalue weighted by Gasteiger charge is 2.33. The van der Waals surface area contributed by atoms with Crippen molar-refractivity contribution < 1.29 is 75.9 Å². The number of ether oxygens (including phenoxy) is 1. The molecule has 0 radical (unpaired) electrons. The van der Waals surface area contributed by atoms with Crippen LogP contribution >= 0.6 is 0 Å². The number of aliphatic hydroxyl groups excluding tert-OH is 1. The number of rotatable bonds is 18. The summed E-state index contributed by atoms with van der Waals surface area (Å²) in [6, 6.07) is 46.6. The molecule has 30 heteroatoms. The van der Waals surface area contributed by atoms with Gasteiger partial charge in [-0.15, -0.1) is 0 Å². The fourth-order valence-electron chi connectivity index (χ4n) is 10.3. The lowest BCUT2D eigenvalue weighted by Crippen LogP contribution is -2.46. The van der Waals surface area contributed by atoms with E-state index in [1.807, 2.05) is 19.1 Å². The summed E-state index contributed by atoms with van der Waals surface area (Å²) in [5, 5.41) is 22.4. The number of amides is 4. The van der Waals surface area contributed by atoms with Gasteiger partial charge in [0.15, 0.2) is 0 Å². The van der Waals surface area contributed by atoms with Gasteiger partial charge in [0.05, 0.1) is 53.7 Å². The second-order valence-corrected chi connectivity index (χ2v) is 30.6. The molecule has 11 rings (SSSR count). The molecule has 0 saturated carbocycles. The molecule has 530 valence electrons. The third-order valence-electron chi connectivity index (χ3n) is 15.8. The number of piperazine rings is 1. The molecule has 3 saturated heterocycles. The van der Waals surface area contributed by atoms with Crippen LogP contribution in [0, 0.1) is 31.3 Å². The van der Waals surface area contributed by atoms with Crippen molar-refractivity contribution in [2.45, 2.75) is 52.7 Å². The van der Waals surface area contributed by atoms with Gasteiger partial charge in [-0.2, -0.15) is 17.2 Å². The van der Waals surface area contributed by atoms with Gasteiger partial charge in [-0.25, -0.2) is 46.8 Å². The van der Waals surface area contributed by atoms with E-state index in [4.69, 9.17) is 9.84 Å². The number of benzene rings is 8. The first-order valence-corrected chi connectivity index (χ1v) is 37.3. The molecule has 0 spiro atoms. The fourth-order valence-corrected chi connectivity index (χ4v) is 16.4. The smallest absolute Gasteiger partial charge is 0.258 e. The third-order valence-corrected chi connectivity index (χ3v) is 23.6. The van der Waals surface area contributed by atoms with E-state index < -0.39 is 75.3 Å². The van der Waals surface area contributed by atoms with Crippen LogP contribution in [-0.4, -0.2) is 165 Å². The van der Waals surface area contributed by atoms with Crippen LogP contribution in [0.2, 0.25) is 0 Å². The zero-order chi connectivity index (χ0) is 72.2. The van der Waals surface area contributed by atoms with Crippen LogP contribution in [-0.2, 0) is 44.8 Å². The SMILES string of the molecule is CN(CCO)S(=O)(=O)c1ccccc1NC(=O)c1ccc(F)cc1.Cc1ccc(C(=O)Nc2ccccc2S(=O)(=O)N2CCNCC2)cc1.Cc1ccc(C(=O)Nc2ccccc2S(=O)(=O)N2CCOCC2)c(F)c1.O=C(Nc1ccccc1S(=O)(=O)N1CCCCC1)c1ccccc1F. The molecule has 0 aliphatic carbocycles. The van der Waals surface area contributed by atoms with Gasteiger partial charge in [-0.05, 0) is 141 Å². The Morgan fingerprint density at radius 1 is 0.450 bits per heavy atom. The molecular weight excluding hydrogens is 1380 g/mol. The van der Waals surface area contributed by atoms with Crippen molar-refractivity contribution in [2.75, 3.05) is 107 Å². The summed E-state index contributed by atoms with van der Waals surface area (Å²) in [5.74, 6) is -4.05. The number of aryl methyl sites for hydroxylation is 2. The first-order valence-electron chi connectivity index (χ1n) is 31.5. The molecule has 8 aromatic rings. The molecule has 0 bridgehead atoms. The molecule has 8 aromatic carbocycles. The predicted molar refractivity (Wildman–Crippen MR) is 373 cm³/mol. The molecule has 100 heavy (non-hydrogen) atoms. The molecule has 3 aliphatic rings. The van der Waals surface area contributed by atoms with E-state index in [0.29, 0.717) is 69.3 Å². The number of hydrogen-bond acceptors (Lipinski definition) is 15. The molecule has 0 aromatic heterocycles. The lowest BCUT2D eigenvalue weighted by molar-refractivity contribution is 0.0730. The minimum absolute atomic E-state index is 0.0252. The van der Waals surface area contributed by atoms with Crippen LogP contribution in [0.25, 0.3) is 0 Å². The standard InChI is InChI=1S/C18H19FN2O4S.C18H19FN2O3S.C18H21N3O3S.C16H17FN2O4S/c1-13-6-7-14(15(19)12-13)18(22)20-16-4-2-3-5-17(16)26(23,24)21-8-10-25-11-9-21;19-15-9-3-2-8-14(15)18(22)20-16-10-4-5-11-17(16)25(23,24)21-12-6-1-7-13-21;1-14-6-8-15(9-7-14)18(22)20-16-4-2-3-5-17(16)25(23,24)21-12-10-19-11-13-21;1-19(10-11-20)24(22,23)15-5-3-2-4-14(15)18-16(21)12-6-8-13(17)9-7-12/h2-7,12H,8-11H2,1H3,(H,20,22);2-5,8-11H,1,6-7,12-13H2,(H,20,22);2-9,19H,10-13H2,1H3,(H,20,22);2-9,20H,10-11H2,1H3,(H,18,21). The summed E-state index contributed by atoms with van der Waals surface area (Å²) < 4.78 is 154. The lowest BCUT2D eigenvalue weighted by atomic mass is 10.1. The van der Waals surface area contributed by atoms with Crippen molar-refractivity contribution in [3.05, 3.63) is 239 Å². The van der Waals surface area contributed by atoms with Crippen molar-refractivity contribution in [1.29, 1.82) is 0 Å². The summed E-state index contributed by atoms with van der Waals surface area (Å²) in [4.78, 5) is 49.5. The Morgan fingerprint density at radius 3 is 1.29 bits per heavy atom. The molecule has 6 N–H and O–H groups in total. The Kier molecular flexibility index (Phi) is 27.1. The molecule has 0 unspecified atom stereocenters. The van der Waals surface area contributed by atoms with Gasteiger partial charge in [-0.1, -0.05) is 90.8 Å². The van der Waals surface area contributed by atoms with E-state index >= 15 is 0 Å². The van der Waals surface area contributed by atoms with Crippen molar-refractivity contribution in [3.8, 4) is 0 Å². The van der Waals surface area contributed by atoms with Gasteiger partial charge >= 0.3 is 0 Å². The average Bonchev–Trinajstić information content (AvgIpc) is 0.807.